The van der Waals surface area contributed by atoms with Crippen LogP contribution in [0.25, 0.3) is 0 Å². The minimum Gasteiger partial charge on any atom is -0.365 e. The minimum absolute atomic E-state index is 0.452. The summed E-state index contributed by atoms with van der Waals surface area (Å²) in [5.41, 5.74) is 1.30. The van der Waals surface area contributed by atoms with Crippen LogP contribution >= 0.6 is 22.6 Å². The maximum Gasteiger partial charge on any atom is 0.137 e. The first-order valence-electron chi connectivity index (χ1n) is 6.29. The minimum atomic E-state index is 0.452. The number of ketones is 1. The van der Waals surface area contributed by atoms with Crippen molar-refractivity contribution in [2.24, 2.45) is 0 Å². The zero-order chi connectivity index (χ0) is 11.8. The van der Waals surface area contributed by atoms with E-state index in [9.17, 15) is 4.79 Å². The Morgan fingerprint density at radius 1 is 1.18 bits per heavy atom. The van der Waals surface area contributed by atoms with Crippen molar-refractivity contribution >= 4 is 34.1 Å². The number of anilines is 1. The molecule has 90 valence electrons. The van der Waals surface area contributed by atoms with Gasteiger partial charge in [0.05, 0.1) is 0 Å². The van der Waals surface area contributed by atoms with Crippen LogP contribution in [0.1, 0.15) is 32.1 Å². The number of benzene rings is 1. The van der Waals surface area contributed by atoms with E-state index < -0.39 is 0 Å². The summed E-state index contributed by atoms with van der Waals surface area (Å²) in [6.45, 7) is 0. The number of rotatable bonds is 1. The Hall–Kier alpha value is -0.580. The van der Waals surface area contributed by atoms with Gasteiger partial charge in [-0.25, -0.2) is 0 Å². The summed E-state index contributed by atoms with van der Waals surface area (Å²) in [7, 11) is 0. The van der Waals surface area contributed by atoms with Gasteiger partial charge in [0.15, 0.2) is 0 Å². The lowest BCUT2D eigenvalue weighted by Gasteiger charge is -2.47. The van der Waals surface area contributed by atoms with Crippen LogP contribution in [-0.2, 0) is 4.79 Å². The van der Waals surface area contributed by atoms with Crippen LogP contribution in [0.3, 0.4) is 0 Å². The van der Waals surface area contributed by atoms with E-state index in [1.54, 1.807) is 0 Å². The smallest absolute Gasteiger partial charge is 0.137 e. The molecular formula is C14H16INO. The summed E-state index contributed by atoms with van der Waals surface area (Å²) < 4.78 is 1.27. The molecule has 3 heteroatoms. The third-order valence-corrected chi connectivity index (χ3v) is 4.57. The molecule has 1 aromatic carbocycles. The van der Waals surface area contributed by atoms with E-state index in [0.29, 0.717) is 17.9 Å². The number of hydrogen-bond donors (Lipinski definition) is 0. The molecule has 17 heavy (non-hydrogen) atoms. The van der Waals surface area contributed by atoms with Crippen molar-refractivity contribution in [1.82, 2.24) is 0 Å². The van der Waals surface area contributed by atoms with Crippen molar-refractivity contribution < 1.29 is 4.79 Å². The van der Waals surface area contributed by atoms with Gasteiger partial charge < -0.3 is 4.90 Å². The summed E-state index contributed by atoms with van der Waals surface area (Å²) in [6, 6.07) is 9.56. The molecule has 0 aromatic heterocycles. The second-order valence-corrected chi connectivity index (χ2v) is 6.32. The average Bonchev–Trinajstić information content (AvgIpc) is 2.27. The SMILES string of the molecule is O=C1CC2CCCC(C1)N2c1cccc(I)c1. The van der Waals surface area contributed by atoms with Gasteiger partial charge >= 0.3 is 0 Å². The van der Waals surface area contributed by atoms with Gasteiger partial charge in [0.1, 0.15) is 5.78 Å². The number of piperidine rings is 2. The predicted molar refractivity (Wildman–Crippen MR) is 77.3 cm³/mol. The number of fused-ring (bicyclic) bond motifs is 2. The van der Waals surface area contributed by atoms with E-state index in [0.717, 1.165) is 12.8 Å². The van der Waals surface area contributed by atoms with Crippen LogP contribution in [0.15, 0.2) is 24.3 Å². The summed E-state index contributed by atoms with van der Waals surface area (Å²) in [4.78, 5) is 14.2. The lowest BCUT2D eigenvalue weighted by molar-refractivity contribution is -0.121. The molecule has 2 nitrogen and oxygen atoms in total. The van der Waals surface area contributed by atoms with Crippen LogP contribution in [0.2, 0.25) is 0 Å². The molecule has 2 fully saturated rings. The lowest BCUT2D eigenvalue weighted by Crippen LogP contribution is -2.52. The Labute approximate surface area is 116 Å². The number of hydrogen-bond acceptors (Lipinski definition) is 2. The van der Waals surface area contributed by atoms with Crippen LogP contribution in [0.5, 0.6) is 0 Å². The average molecular weight is 341 g/mol. The van der Waals surface area contributed by atoms with Crippen molar-refractivity contribution in [2.75, 3.05) is 4.90 Å². The standard InChI is InChI=1S/C14H16INO/c15-10-3-1-4-11(7-10)16-12-5-2-6-13(16)9-14(17)8-12/h1,3-4,7,12-13H,2,5-6,8-9H2. The maximum absolute atomic E-state index is 11.7. The highest BCUT2D eigenvalue weighted by Gasteiger charge is 2.37. The second kappa shape index (κ2) is 4.59. The molecule has 2 bridgehead atoms. The first kappa shape index (κ1) is 11.5. The molecule has 0 N–H and O–H groups in total. The molecule has 2 aliphatic rings. The largest absolute Gasteiger partial charge is 0.365 e. The number of Topliss-reactive ketones (excluding diaryl/α,β-unsaturated/α-hetero) is 1. The molecule has 0 radical (unpaired) electrons. The van der Waals surface area contributed by atoms with Gasteiger partial charge in [-0.05, 0) is 60.1 Å². The zero-order valence-corrected chi connectivity index (χ0v) is 11.9. The summed E-state index contributed by atoms with van der Waals surface area (Å²) in [5.74, 6) is 0.460. The highest BCUT2D eigenvalue weighted by atomic mass is 127. The maximum atomic E-state index is 11.7. The topological polar surface area (TPSA) is 20.3 Å². The van der Waals surface area contributed by atoms with Crippen molar-refractivity contribution in [2.45, 2.75) is 44.2 Å². The fraction of sp³-hybridized carbons (Fsp3) is 0.500. The molecule has 3 rings (SSSR count). The third kappa shape index (κ3) is 2.21. The van der Waals surface area contributed by atoms with E-state index >= 15 is 0 Å². The number of nitrogens with zero attached hydrogens (tertiary/aromatic N) is 1. The first-order chi connectivity index (χ1) is 8.24. The Kier molecular flexibility index (Phi) is 3.11. The molecule has 2 atom stereocenters. The number of carbonyl (C=O) groups excluding carboxylic acids is 1. The summed E-state index contributed by atoms with van der Waals surface area (Å²) >= 11 is 2.36. The lowest BCUT2D eigenvalue weighted by atomic mass is 9.83. The van der Waals surface area contributed by atoms with E-state index in [1.165, 1.54) is 28.5 Å². The van der Waals surface area contributed by atoms with Gasteiger partial charge in [0, 0.05) is 34.2 Å². The summed E-state index contributed by atoms with van der Waals surface area (Å²) in [5, 5.41) is 0. The number of carbonyl (C=O) groups is 1. The predicted octanol–water partition coefficient (Wildman–Crippen LogP) is 3.38. The monoisotopic (exact) mass is 341 g/mol. The Bertz CT molecular complexity index is 430. The van der Waals surface area contributed by atoms with Crippen LogP contribution in [0, 0.1) is 3.57 Å². The Balaban J connectivity index is 1.94. The molecular weight excluding hydrogens is 325 g/mol. The first-order valence-corrected chi connectivity index (χ1v) is 7.37. The number of halogens is 1. The Morgan fingerprint density at radius 2 is 1.88 bits per heavy atom. The van der Waals surface area contributed by atoms with Gasteiger partial charge in [-0.2, -0.15) is 0 Å². The van der Waals surface area contributed by atoms with Gasteiger partial charge in [-0.1, -0.05) is 6.07 Å². The second-order valence-electron chi connectivity index (χ2n) is 5.07. The van der Waals surface area contributed by atoms with Gasteiger partial charge in [-0.15, -0.1) is 0 Å². The van der Waals surface area contributed by atoms with E-state index in [1.807, 2.05) is 0 Å². The quantitative estimate of drug-likeness (QED) is 0.730. The van der Waals surface area contributed by atoms with Gasteiger partial charge in [0.25, 0.3) is 0 Å². The molecule has 1 aromatic rings. The van der Waals surface area contributed by atoms with Crippen molar-refractivity contribution in [3.05, 3.63) is 27.8 Å². The molecule has 0 amide bonds. The van der Waals surface area contributed by atoms with E-state index in [-0.39, 0.29) is 0 Å². The van der Waals surface area contributed by atoms with Crippen LogP contribution in [-0.4, -0.2) is 17.9 Å². The van der Waals surface area contributed by atoms with E-state index in [2.05, 4.69) is 51.8 Å². The van der Waals surface area contributed by atoms with Gasteiger partial charge in [-0.3, -0.25) is 4.79 Å². The third-order valence-electron chi connectivity index (χ3n) is 3.89. The molecule has 0 aliphatic carbocycles. The van der Waals surface area contributed by atoms with Gasteiger partial charge in [0.2, 0.25) is 0 Å². The van der Waals surface area contributed by atoms with E-state index in [4.69, 9.17) is 0 Å². The normalized spacial score (nSPS) is 28.3. The molecule has 2 unspecified atom stereocenters. The highest BCUT2D eigenvalue weighted by Crippen LogP contribution is 2.36. The molecule has 2 heterocycles. The molecule has 2 saturated heterocycles. The zero-order valence-electron chi connectivity index (χ0n) is 9.73. The van der Waals surface area contributed by atoms with Crippen LogP contribution < -0.4 is 4.90 Å². The Morgan fingerprint density at radius 3 is 2.53 bits per heavy atom. The fourth-order valence-corrected chi connectivity index (χ4v) is 3.76. The van der Waals surface area contributed by atoms with Crippen LogP contribution in [0.4, 0.5) is 5.69 Å². The molecule has 2 aliphatic heterocycles. The molecule has 0 saturated carbocycles. The van der Waals surface area contributed by atoms with Crippen molar-refractivity contribution in [3.63, 3.8) is 0 Å². The summed E-state index contributed by atoms with van der Waals surface area (Å²) in [6.07, 6.45) is 5.13. The molecule has 0 spiro atoms. The highest BCUT2D eigenvalue weighted by molar-refractivity contribution is 14.1. The van der Waals surface area contributed by atoms with Crippen molar-refractivity contribution in [3.8, 4) is 0 Å². The fourth-order valence-electron chi connectivity index (χ4n) is 3.23. The van der Waals surface area contributed by atoms with Crippen molar-refractivity contribution in [1.29, 1.82) is 0 Å².